The number of hydrogen-bond acceptors (Lipinski definition) is 8. The van der Waals surface area contributed by atoms with Gasteiger partial charge in [-0.25, -0.2) is 4.79 Å². The van der Waals surface area contributed by atoms with Crippen molar-refractivity contribution in [1.29, 1.82) is 0 Å². The molecule has 9 N–H and O–H groups in total. The van der Waals surface area contributed by atoms with Gasteiger partial charge in [0, 0.05) is 6.42 Å². The third-order valence-corrected chi connectivity index (χ3v) is 3.45. The number of hydrogen-bond donors (Lipinski definition) is 8. The Bertz CT molecular complexity index is 709. The molecule has 0 heterocycles. The van der Waals surface area contributed by atoms with Gasteiger partial charge in [0.05, 0.1) is 25.4 Å². The summed E-state index contributed by atoms with van der Waals surface area (Å²) in [5.74, 6) is -8.94. The van der Waals surface area contributed by atoms with Crippen LogP contribution in [0, 0.1) is 0 Å². The second-order valence-corrected chi connectivity index (χ2v) is 5.97. The van der Waals surface area contributed by atoms with E-state index < -0.39 is 92.0 Å². The van der Waals surface area contributed by atoms with E-state index in [-0.39, 0.29) is 0 Å². The number of nitrogens with one attached hydrogen (secondary N) is 3. The maximum absolute atomic E-state index is 12.2. The molecule has 0 saturated carbocycles. The van der Waals surface area contributed by atoms with Crippen LogP contribution in [0.3, 0.4) is 0 Å². The molecular weight excluding hydrogens is 412 g/mol. The van der Waals surface area contributed by atoms with Crippen LogP contribution in [0.4, 0.5) is 0 Å². The lowest BCUT2D eigenvalue weighted by Crippen LogP contribution is -2.54. The monoisotopic (exact) mass is 434 g/mol. The lowest BCUT2D eigenvalue weighted by Gasteiger charge is -2.20. The van der Waals surface area contributed by atoms with Crippen LogP contribution in [-0.4, -0.2) is 86.7 Å². The zero-order valence-corrected chi connectivity index (χ0v) is 15.5. The third kappa shape index (κ3) is 11.2. The lowest BCUT2D eigenvalue weighted by molar-refractivity contribution is -0.147. The van der Waals surface area contributed by atoms with Crippen molar-refractivity contribution in [2.45, 2.75) is 43.8 Å². The van der Waals surface area contributed by atoms with Gasteiger partial charge in [0.2, 0.25) is 17.7 Å². The summed E-state index contributed by atoms with van der Waals surface area (Å²) in [6.45, 7) is -0.736. The molecule has 3 unspecified atom stereocenters. The highest BCUT2D eigenvalue weighted by Gasteiger charge is 2.28. The summed E-state index contributed by atoms with van der Waals surface area (Å²) < 4.78 is 0. The maximum Gasteiger partial charge on any atom is 0.326 e. The first kappa shape index (κ1) is 26.2. The van der Waals surface area contributed by atoms with Gasteiger partial charge in [-0.05, 0) is 6.42 Å². The van der Waals surface area contributed by atoms with Crippen LogP contribution in [0.25, 0.3) is 0 Å². The minimum Gasteiger partial charge on any atom is -0.481 e. The molecule has 0 radical (unpaired) electrons. The largest absolute Gasteiger partial charge is 0.481 e. The molecule has 0 aromatic carbocycles. The standard InChI is InChI=1S/C15H22N4O11/c16-6(3-11(23)24)13(27)17-5-9(20)18-7(1-2-10(21)22)14(28)19-8(15(29)30)4-12(25)26/h6-8H,1-5,16H2,(H,17,27)(H,18,20)(H,19,28)(H,21,22)(H,23,24)(H,25,26)(H,29,30). The van der Waals surface area contributed by atoms with Gasteiger partial charge in [0.1, 0.15) is 12.1 Å². The van der Waals surface area contributed by atoms with E-state index in [0.717, 1.165) is 0 Å². The summed E-state index contributed by atoms with van der Waals surface area (Å²) in [6.07, 6.45) is -2.71. The molecule has 0 saturated heterocycles. The van der Waals surface area contributed by atoms with Crippen LogP contribution < -0.4 is 21.7 Å². The van der Waals surface area contributed by atoms with Gasteiger partial charge >= 0.3 is 23.9 Å². The quantitative estimate of drug-likeness (QED) is 0.131. The summed E-state index contributed by atoms with van der Waals surface area (Å²) in [5, 5.41) is 40.9. The van der Waals surface area contributed by atoms with E-state index in [2.05, 4.69) is 5.32 Å². The molecular formula is C15H22N4O11. The average Bonchev–Trinajstić information content (AvgIpc) is 2.61. The van der Waals surface area contributed by atoms with Crippen molar-refractivity contribution >= 4 is 41.6 Å². The molecule has 15 heteroatoms. The smallest absolute Gasteiger partial charge is 0.326 e. The minimum absolute atomic E-state index is 0.460. The second-order valence-electron chi connectivity index (χ2n) is 5.97. The molecule has 15 nitrogen and oxygen atoms in total. The lowest BCUT2D eigenvalue weighted by atomic mass is 10.1. The first-order valence-electron chi connectivity index (χ1n) is 8.34. The van der Waals surface area contributed by atoms with E-state index >= 15 is 0 Å². The predicted octanol–water partition coefficient (Wildman–Crippen LogP) is -3.70. The highest BCUT2D eigenvalue weighted by Crippen LogP contribution is 2.01. The Hall–Kier alpha value is -3.75. The number of carbonyl (C=O) groups is 7. The number of carbonyl (C=O) groups excluding carboxylic acids is 3. The Morgan fingerprint density at radius 2 is 1.30 bits per heavy atom. The highest BCUT2D eigenvalue weighted by atomic mass is 16.4. The topological polar surface area (TPSA) is 263 Å². The Morgan fingerprint density at radius 1 is 0.733 bits per heavy atom. The van der Waals surface area contributed by atoms with E-state index in [1.807, 2.05) is 10.6 Å². The summed E-state index contributed by atoms with van der Waals surface area (Å²) in [5.41, 5.74) is 5.30. The van der Waals surface area contributed by atoms with Crippen molar-refractivity contribution < 1.29 is 54.0 Å². The van der Waals surface area contributed by atoms with Crippen LogP contribution in [0.5, 0.6) is 0 Å². The highest BCUT2D eigenvalue weighted by molar-refractivity contribution is 5.94. The molecule has 3 amide bonds. The molecule has 3 atom stereocenters. The molecule has 0 aromatic heterocycles. The first-order valence-corrected chi connectivity index (χ1v) is 8.34. The maximum atomic E-state index is 12.2. The Labute approximate surface area is 168 Å². The molecule has 0 aliphatic heterocycles. The van der Waals surface area contributed by atoms with E-state index in [9.17, 15) is 33.6 Å². The van der Waals surface area contributed by atoms with E-state index in [1.165, 1.54) is 0 Å². The summed E-state index contributed by atoms with van der Waals surface area (Å²) in [6, 6.07) is -4.81. The third-order valence-electron chi connectivity index (χ3n) is 3.45. The Balaban J connectivity index is 5.00. The molecule has 30 heavy (non-hydrogen) atoms. The van der Waals surface area contributed by atoms with Crippen molar-refractivity contribution in [2.24, 2.45) is 5.73 Å². The fourth-order valence-electron chi connectivity index (χ4n) is 2.01. The number of nitrogens with two attached hydrogens (primary N) is 1. The van der Waals surface area contributed by atoms with E-state index in [1.54, 1.807) is 0 Å². The van der Waals surface area contributed by atoms with Gasteiger partial charge < -0.3 is 42.1 Å². The zero-order chi connectivity index (χ0) is 23.4. The predicted molar refractivity (Wildman–Crippen MR) is 93.9 cm³/mol. The van der Waals surface area contributed by atoms with Crippen molar-refractivity contribution in [3.05, 3.63) is 0 Å². The molecule has 0 rings (SSSR count). The second kappa shape index (κ2) is 12.7. The molecule has 0 spiro atoms. The number of aliphatic carboxylic acids is 4. The van der Waals surface area contributed by atoms with Crippen LogP contribution in [0.2, 0.25) is 0 Å². The Kier molecular flexibility index (Phi) is 11.1. The van der Waals surface area contributed by atoms with Gasteiger partial charge in [0.25, 0.3) is 0 Å². The van der Waals surface area contributed by atoms with Crippen molar-refractivity contribution in [1.82, 2.24) is 16.0 Å². The summed E-state index contributed by atoms with van der Waals surface area (Å²) >= 11 is 0. The molecule has 0 aromatic rings. The molecule has 0 bridgehead atoms. The van der Waals surface area contributed by atoms with Crippen LogP contribution in [0.1, 0.15) is 25.7 Å². The van der Waals surface area contributed by atoms with E-state index in [4.69, 9.17) is 26.2 Å². The molecule has 0 aliphatic rings. The molecule has 168 valence electrons. The van der Waals surface area contributed by atoms with Crippen molar-refractivity contribution in [2.75, 3.05) is 6.54 Å². The summed E-state index contributed by atoms with van der Waals surface area (Å²) in [7, 11) is 0. The Morgan fingerprint density at radius 3 is 1.77 bits per heavy atom. The summed E-state index contributed by atoms with van der Waals surface area (Å²) in [4.78, 5) is 78.7. The SMILES string of the molecule is NC(CC(=O)O)C(=O)NCC(=O)NC(CCC(=O)O)C(=O)NC(CC(=O)O)C(=O)O. The zero-order valence-electron chi connectivity index (χ0n) is 15.5. The number of amides is 3. The number of rotatable bonds is 14. The number of carboxylic acid groups (broad SMARTS) is 4. The number of carboxylic acids is 4. The normalized spacial score (nSPS) is 13.2. The minimum atomic E-state index is -1.83. The van der Waals surface area contributed by atoms with Crippen molar-refractivity contribution in [3.63, 3.8) is 0 Å². The van der Waals surface area contributed by atoms with Gasteiger partial charge in [0.15, 0.2) is 0 Å². The molecule has 0 fully saturated rings. The fourth-order valence-corrected chi connectivity index (χ4v) is 2.01. The molecule has 0 aliphatic carbocycles. The van der Waals surface area contributed by atoms with Gasteiger partial charge in [-0.3, -0.25) is 28.8 Å². The van der Waals surface area contributed by atoms with Crippen LogP contribution in [-0.2, 0) is 33.6 Å². The van der Waals surface area contributed by atoms with Gasteiger partial charge in [-0.1, -0.05) is 0 Å². The van der Waals surface area contributed by atoms with E-state index in [0.29, 0.717) is 0 Å². The van der Waals surface area contributed by atoms with Crippen LogP contribution >= 0.6 is 0 Å². The van der Waals surface area contributed by atoms with Crippen LogP contribution in [0.15, 0.2) is 0 Å². The first-order chi connectivity index (χ1) is 13.8. The van der Waals surface area contributed by atoms with Gasteiger partial charge in [-0.2, -0.15) is 0 Å². The van der Waals surface area contributed by atoms with Crippen molar-refractivity contribution in [3.8, 4) is 0 Å². The average molecular weight is 434 g/mol. The fraction of sp³-hybridized carbons (Fsp3) is 0.533. The van der Waals surface area contributed by atoms with Gasteiger partial charge in [-0.15, -0.1) is 0 Å².